The van der Waals surface area contributed by atoms with Crippen LogP contribution in [-0.4, -0.2) is 22.9 Å². The molecule has 10 nitrogen and oxygen atoms in total. The van der Waals surface area contributed by atoms with Gasteiger partial charge >= 0.3 is 29.6 Å². The molecule has 0 aliphatic rings. The molecule has 2 amide bonds. The Balaban J connectivity index is 1.27. The molecule has 0 aliphatic carbocycles. The number of carboxylic acid groups (broad SMARTS) is 1. The molecule has 0 saturated carbocycles. The molecule has 0 fully saturated rings. The summed E-state index contributed by atoms with van der Waals surface area (Å²) in [6, 6.07) is 20.9. The van der Waals surface area contributed by atoms with Gasteiger partial charge in [-0.1, -0.05) is 66.5 Å². The third-order valence-electron chi connectivity index (χ3n) is 12.5. The number of rotatable bonds is 12. The first kappa shape index (κ1) is 52.5. The minimum atomic E-state index is -5.08. The number of aliphatic carboxylic acids is 1. The van der Waals surface area contributed by atoms with E-state index in [2.05, 4.69) is 10.6 Å². The van der Waals surface area contributed by atoms with E-state index >= 15 is 0 Å². The molecule has 0 unspecified atom stereocenters. The highest BCUT2D eigenvalue weighted by Crippen LogP contribution is 2.44. The average Bonchev–Trinajstić information content (AvgIpc) is 3.32. The molecular formula is C54H36Cl2F8N2O8. The SMILES string of the molecule is CCC(C(=O)O)(c1cccc(-c2c(CC(=O)Nc3ccc(F)cc3C(F)(F)F)c(=O)oc3cc(Cl)c(C)cc23)c1)c1cccc(-c2c(CC(=O)Nc3ccc(F)cc3C(F)(F)F)c(=O)oc3cc(Cl)c(C)cc23)c1. The summed E-state index contributed by atoms with van der Waals surface area (Å²) >= 11 is 12.8. The highest BCUT2D eigenvalue weighted by atomic mass is 35.5. The van der Waals surface area contributed by atoms with E-state index in [-0.39, 0.29) is 95.0 Å². The lowest BCUT2D eigenvalue weighted by Crippen LogP contribution is -2.36. The number of aryl methyl sites for hydroxylation is 2. The van der Waals surface area contributed by atoms with Crippen molar-refractivity contribution in [1.82, 2.24) is 0 Å². The second-order valence-corrected chi connectivity index (χ2v) is 18.0. The van der Waals surface area contributed by atoms with Crippen LogP contribution in [0.2, 0.25) is 10.0 Å². The van der Waals surface area contributed by atoms with Crippen molar-refractivity contribution >= 4 is 74.3 Å². The summed E-state index contributed by atoms with van der Waals surface area (Å²) in [5.41, 5.74) is -7.99. The number of fused-ring (bicyclic) bond motifs is 2. The fraction of sp³-hybridized carbons (Fsp3) is 0.167. The van der Waals surface area contributed by atoms with Gasteiger partial charge in [-0.3, -0.25) is 14.4 Å². The smallest absolute Gasteiger partial charge is 0.418 e. The Morgan fingerprint density at radius 2 is 0.973 bits per heavy atom. The lowest BCUT2D eigenvalue weighted by molar-refractivity contribution is -0.142. The van der Waals surface area contributed by atoms with Crippen molar-refractivity contribution in [2.24, 2.45) is 0 Å². The van der Waals surface area contributed by atoms with Crippen molar-refractivity contribution < 1.29 is 63.4 Å². The Morgan fingerprint density at radius 3 is 1.32 bits per heavy atom. The number of carboxylic acids is 1. The van der Waals surface area contributed by atoms with Crippen LogP contribution in [-0.2, 0) is 45.0 Å². The van der Waals surface area contributed by atoms with Gasteiger partial charge in [0.25, 0.3) is 0 Å². The predicted octanol–water partition coefficient (Wildman–Crippen LogP) is 13.6. The molecule has 380 valence electrons. The van der Waals surface area contributed by atoms with E-state index in [1.807, 2.05) is 0 Å². The molecule has 0 spiro atoms. The van der Waals surface area contributed by atoms with Crippen LogP contribution in [0.3, 0.4) is 0 Å². The maximum Gasteiger partial charge on any atom is 0.418 e. The fourth-order valence-corrected chi connectivity index (χ4v) is 9.31. The van der Waals surface area contributed by atoms with Gasteiger partial charge in [0.1, 0.15) is 28.2 Å². The van der Waals surface area contributed by atoms with Crippen LogP contribution in [0, 0.1) is 25.5 Å². The van der Waals surface area contributed by atoms with E-state index in [9.17, 15) is 64.2 Å². The monoisotopic (exact) mass is 1060 g/mol. The number of alkyl halides is 6. The Hall–Kier alpha value is -7.83. The molecule has 3 N–H and O–H groups in total. The van der Waals surface area contributed by atoms with Gasteiger partial charge in [-0.25, -0.2) is 18.4 Å². The highest BCUT2D eigenvalue weighted by Gasteiger charge is 2.42. The van der Waals surface area contributed by atoms with Crippen LogP contribution < -0.4 is 21.9 Å². The Kier molecular flexibility index (Phi) is 14.1. The molecule has 0 radical (unpaired) electrons. The number of anilines is 2. The van der Waals surface area contributed by atoms with E-state index in [0.717, 1.165) is 12.1 Å². The Morgan fingerprint density at radius 1 is 0.581 bits per heavy atom. The van der Waals surface area contributed by atoms with Crippen molar-refractivity contribution in [2.45, 2.75) is 57.8 Å². The van der Waals surface area contributed by atoms with Gasteiger partial charge in [0.05, 0.1) is 46.5 Å². The van der Waals surface area contributed by atoms with Gasteiger partial charge in [0, 0.05) is 44.1 Å². The van der Waals surface area contributed by atoms with E-state index in [1.165, 1.54) is 60.7 Å². The second-order valence-electron chi connectivity index (χ2n) is 17.2. The zero-order chi connectivity index (χ0) is 53.8. The van der Waals surface area contributed by atoms with Crippen molar-refractivity contribution in [3.63, 3.8) is 0 Å². The van der Waals surface area contributed by atoms with Crippen LogP contribution in [0.1, 0.15) is 57.9 Å². The maximum absolute atomic E-state index is 14.0. The molecule has 0 atom stereocenters. The summed E-state index contributed by atoms with van der Waals surface area (Å²) in [5, 5.41) is 16.4. The molecule has 0 aliphatic heterocycles. The summed E-state index contributed by atoms with van der Waals surface area (Å²) in [4.78, 5) is 69.1. The third kappa shape index (κ3) is 10.1. The van der Waals surface area contributed by atoms with E-state index < -0.39 is 93.8 Å². The van der Waals surface area contributed by atoms with Gasteiger partial charge in [-0.2, -0.15) is 26.3 Å². The molecule has 20 heteroatoms. The molecule has 8 aromatic rings. The van der Waals surface area contributed by atoms with Crippen molar-refractivity contribution in [1.29, 1.82) is 0 Å². The topological polar surface area (TPSA) is 156 Å². The zero-order valence-electron chi connectivity index (χ0n) is 38.6. The van der Waals surface area contributed by atoms with E-state index in [1.54, 1.807) is 32.9 Å². The standard InChI is InChI=1S/C54H36Cl2F8N2O8/c1-4-52(51(71)72,29-9-5-7-27(17-29)47-33-15-25(2)39(55)23-43(33)73-49(69)35(47)21-45(67)65-41-13-11-31(57)19-37(41)53(59,60)61)30-10-6-8-28(18-30)48-34-16-26(3)40(56)24-44(34)74-50(70)36(48)22-46(68)66-42-14-12-32(58)20-38(42)54(62,63)64/h5-20,23-24H,4,21-22H2,1-3H3,(H,65,67)(H,66,68)(H,71,72). The van der Waals surface area contributed by atoms with Crippen LogP contribution in [0.25, 0.3) is 44.2 Å². The van der Waals surface area contributed by atoms with Crippen molar-refractivity contribution in [3.8, 4) is 22.3 Å². The van der Waals surface area contributed by atoms with Crippen molar-refractivity contribution in [2.75, 3.05) is 10.6 Å². The van der Waals surface area contributed by atoms with Gasteiger partial charge < -0.3 is 24.6 Å². The lowest BCUT2D eigenvalue weighted by Gasteiger charge is -2.30. The molecule has 8 rings (SSSR count). The van der Waals surface area contributed by atoms with E-state index in [4.69, 9.17) is 32.0 Å². The van der Waals surface area contributed by atoms with Crippen LogP contribution in [0.15, 0.2) is 128 Å². The molecule has 6 aromatic carbocycles. The van der Waals surface area contributed by atoms with Crippen LogP contribution in [0.5, 0.6) is 0 Å². The largest absolute Gasteiger partial charge is 0.480 e. The van der Waals surface area contributed by atoms with Gasteiger partial charge in [-0.05, 0) is 114 Å². The number of benzene rings is 6. The van der Waals surface area contributed by atoms with Gasteiger partial charge in [0.2, 0.25) is 11.8 Å². The molecule has 0 bridgehead atoms. The summed E-state index contributed by atoms with van der Waals surface area (Å²) in [6.45, 7) is 4.84. The molecule has 0 saturated heterocycles. The third-order valence-corrected chi connectivity index (χ3v) is 13.4. The Labute approximate surface area is 423 Å². The minimum Gasteiger partial charge on any atom is -0.480 e. The predicted molar refractivity (Wildman–Crippen MR) is 262 cm³/mol. The normalized spacial score (nSPS) is 12.1. The van der Waals surface area contributed by atoms with Crippen LogP contribution in [0.4, 0.5) is 46.5 Å². The van der Waals surface area contributed by atoms with Crippen LogP contribution >= 0.6 is 23.2 Å². The first-order chi connectivity index (χ1) is 34.8. The van der Waals surface area contributed by atoms with Gasteiger partial charge in [0.15, 0.2) is 0 Å². The zero-order valence-corrected chi connectivity index (χ0v) is 40.1. The number of carbonyl (C=O) groups is 3. The second kappa shape index (κ2) is 19.9. The maximum atomic E-state index is 14.0. The number of amides is 2. The number of hydrogen-bond donors (Lipinski definition) is 3. The first-order valence-electron chi connectivity index (χ1n) is 22.1. The quantitative estimate of drug-likeness (QED) is 0.0807. The fourth-order valence-electron chi connectivity index (χ4n) is 9.00. The minimum absolute atomic E-state index is 0.0368. The summed E-state index contributed by atoms with van der Waals surface area (Å²) in [7, 11) is 0. The number of halogens is 10. The number of carbonyl (C=O) groups excluding carboxylic acids is 2. The van der Waals surface area contributed by atoms with Gasteiger partial charge in [-0.15, -0.1) is 0 Å². The van der Waals surface area contributed by atoms with E-state index in [0.29, 0.717) is 23.3 Å². The molecule has 2 aromatic heterocycles. The lowest BCUT2D eigenvalue weighted by atomic mass is 9.71. The molecular weight excluding hydrogens is 1030 g/mol. The highest BCUT2D eigenvalue weighted by molar-refractivity contribution is 6.32. The average molecular weight is 1060 g/mol. The molecule has 74 heavy (non-hydrogen) atoms. The molecule has 2 heterocycles. The Bertz CT molecular complexity index is 3520. The first-order valence-corrected chi connectivity index (χ1v) is 22.9. The number of hydrogen-bond acceptors (Lipinski definition) is 7. The summed E-state index contributed by atoms with van der Waals surface area (Å²) in [6.07, 6.45) is -12.1. The van der Waals surface area contributed by atoms with Crippen molar-refractivity contribution in [3.05, 3.63) is 196 Å². The summed E-state index contributed by atoms with van der Waals surface area (Å²) in [5.74, 6) is -6.09. The summed E-state index contributed by atoms with van der Waals surface area (Å²) < 4.78 is 123. The number of nitrogens with one attached hydrogen (secondary N) is 2.